The van der Waals surface area contributed by atoms with Crippen molar-refractivity contribution in [1.82, 2.24) is 9.78 Å². The Hall–Kier alpha value is -1.14. The molecule has 0 amide bonds. The number of halogens is 1. The molecule has 0 spiro atoms. The van der Waals surface area contributed by atoms with Crippen LogP contribution >= 0.6 is 15.9 Å². The first kappa shape index (κ1) is 13.3. The van der Waals surface area contributed by atoms with Gasteiger partial charge in [0.05, 0.1) is 22.5 Å². The van der Waals surface area contributed by atoms with E-state index in [-0.39, 0.29) is 10.6 Å². The normalized spacial score (nSPS) is 13.4. The van der Waals surface area contributed by atoms with Gasteiger partial charge in [0.1, 0.15) is 9.84 Å². The quantitative estimate of drug-likeness (QED) is 0.809. The predicted octanol–water partition coefficient (Wildman–Crippen LogP) is 2.35. The van der Waals surface area contributed by atoms with Gasteiger partial charge >= 0.3 is 0 Å². The summed E-state index contributed by atoms with van der Waals surface area (Å²) < 4.78 is 24.2. The maximum absolute atomic E-state index is 11.2. The van der Waals surface area contributed by atoms with Crippen molar-refractivity contribution in [2.75, 3.05) is 12.0 Å². The lowest BCUT2D eigenvalue weighted by Crippen LogP contribution is -2.08. The van der Waals surface area contributed by atoms with Gasteiger partial charge in [-0.15, -0.1) is 0 Å². The zero-order chi connectivity index (χ0) is 13.2. The van der Waals surface area contributed by atoms with Gasteiger partial charge in [0.15, 0.2) is 0 Å². The van der Waals surface area contributed by atoms with E-state index in [4.69, 9.17) is 0 Å². The standard InChI is InChI=1S/C12H13BrN2O2S/c1-18(16,17)9-12(13)10-7-14-15(8-10)11-5-3-2-4-6-11/h2-8,12H,9H2,1H3. The largest absolute Gasteiger partial charge is 0.241 e. The number of alkyl halides is 1. The SMILES string of the molecule is CS(=O)(=O)CC(Br)c1cnn(-c2ccccc2)c1. The minimum Gasteiger partial charge on any atom is -0.241 e. The lowest BCUT2D eigenvalue weighted by molar-refractivity contribution is 0.601. The molecular weight excluding hydrogens is 316 g/mol. The van der Waals surface area contributed by atoms with Crippen molar-refractivity contribution in [3.8, 4) is 5.69 Å². The van der Waals surface area contributed by atoms with Gasteiger partial charge in [-0.1, -0.05) is 34.1 Å². The molecule has 96 valence electrons. The molecule has 1 heterocycles. The van der Waals surface area contributed by atoms with Crippen LogP contribution in [-0.2, 0) is 9.84 Å². The van der Waals surface area contributed by atoms with Crippen LogP contribution in [-0.4, -0.2) is 30.2 Å². The maximum atomic E-state index is 11.2. The van der Waals surface area contributed by atoms with Crippen LogP contribution in [0, 0.1) is 0 Å². The van der Waals surface area contributed by atoms with Crippen LogP contribution in [0.15, 0.2) is 42.7 Å². The van der Waals surface area contributed by atoms with Gasteiger partial charge in [-0.25, -0.2) is 13.1 Å². The van der Waals surface area contributed by atoms with E-state index in [1.54, 1.807) is 10.9 Å². The van der Waals surface area contributed by atoms with Crippen molar-refractivity contribution in [3.63, 3.8) is 0 Å². The second-order valence-corrected chi connectivity index (χ2v) is 7.40. The number of hydrogen-bond acceptors (Lipinski definition) is 3. The van der Waals surface area contributed by atoms with E-state index in [0.717, 1.165) is 11.3 Å². The summed E-state index contributed by atoms with van der Waals surface area (Å²) in [4.78, 5) is -0.232. The summed E-state index contributed by atoms with van der Waals surface area (Å²) in [5, 5.41) is 4.23. The van der Waals surface area contributed by atoms with Gasteiger partial charge < -0.3 is 0 Å². The Balaban J connectivity index is 2.21. The molecule has 0 fully saturated rings. The summed E-state index contributed by atoms with van der Waals surface area (Å²) in [5.74, 6) is 0.0630. The zero-order valence-corrected chi connectivity index (χ0v) is 12.2. The molecule has 1 aromatic heterocycles. The summed E-state index contributed by atoms with van der Waals surface area (Å²) in [6.07, 6.45) is 4.74. The highest BCUT2D eigenvalue weighted by Gasteiger charge is 2.16. The molecule has 1 unspecified atom stereocenters. The third kappa shape index (κ3) is 3.43. The molecule has 0 saturated heterocycles. The van der Waals surface area contributed by atoms with Crippen molar-refractivity contribution < 1.29 is 8.42 Å². The average molecular weight is 329 g/mol. The number of aromatic nitrogens is 2. The fraction of sp³-hybridized carbons (Fsp3) is 0.250. The fourth-order valence-electron chi connectivity index (χ4n) is 1.58. The van der Waals surface area contributed by atoms with Crippen LogP contribution in [0.25, 0.3) is 5.69 Å². The van der Waals surface area contributed by atoms with Gasteiger partial charge in [-0.3, -0.25) is 0 Å². The number of rotatable bonds is 4. The van der Waals surface area contributed by atoms with E-state index in [1.807, 2.05) is 36.5 Å². The number of hydrogen-bond donors (Lipinski definition) is 0. The van der Waals surface area contributed by atoms with Gasteiger partial charge in [0.25, 0.3) is 0 Å². The molecule has 18 heavy (non-hydrogen) atoms. The van der Waals surface area contributed by atoms with Gasteiger partial charge in [0.2, 0.25) is 0 Å². The molecule has 1 atom stereocenters. The first-order valence-electron chi connectivity index (χ1n) is 5.37. The minimum absolute atomic E-state index is 0.0630. The highest BCUT2D eigenvalue weighted by atomic mass is 79.9. The lowest BCUT2D eigenvalue weighted by atomic mass is 10.3. The molecule has 0 radical (unpaired) electrons. The summed E-state index contributed by atoms with van der Waals surface area (Å²) in [5.41, 5.74) is 1.80. The molecular formula is C12H13BrN2O2S. The summed E-state index contributed by atoms with van der Waals surface area (Å²) in [6, 6.07) is 9.68. The third-order valence-corrected chi connectivity index (χ3v) is 4.65. The molecule has 4 nitrogen and oxygen atoms in total. The van der Waals surface area contributed by atoms with Crippen LogP contribution in [0.5, 0.6) is 0 Å². The second-order valence-electron chi connectivity index (χ2n) is 4.11. The second kappa shape index (κ2) is 5.24. The average Bonchev–Trinajstić information content (AvgIpc) is 2.77. The minimum atomic E-state index is -3.01. The molecule has 0 saturated carbocycles. The van der Waals surface area contributed by atoms with Crippen LogP contribution in [0.4, 0.5) is 0 Å². The molecule has 0 aliphatic carbocycles. The van der Waals surface area contributed by atoms with Crippen molar-refractivity contribution >= 4 is 25.8 Å². The predicted molar refractivity (Wildman–Crippen MR) is 74.9 cm³/mol. The topological polar surface area (TPSA) is 52.0 Å². The Kier molecular flexibility index (Phi) is 3.87. The first-order chi connectivity index (χ1) is 8.46. The van der Waals surface area contributed by atoms with Crippen LogP contribution in [0.2, 0.25) is 0 Å². The van der Waals surface area contributed by atoms with Crippen molar-refractivity contribution in [2.45, 2.75) is 4.83 Å². The maximum Gasteiger partial charge on any atom is 0.148 e. The van der Waals surface area contributed by atoms with Gasteiger partial charge in [-0.05, 0) is 12.1 Å². The summed E-state index contributed by atoms with van der Waals surface area (Å²) in [6.45, 7) is 0. The number of para-hydroxylation sites is 1. The van der Waals surface area contributed by atoms with E-state index in [9.17, 15) is 8.42 Å². The Morgan fingerprint density at radius 2 is 2.00 bits per heavy atom. The third-order valence-electron chi connectivity index (χ3n) is 2.43. The zero-order valence-electron chi connectivity index (χ0n) is 9.82. The molecule has 0 bridgehead atoms. The molecule has 2 rings (SSSR count). The number of nitrogens with zero attached hydrogens (tertiary/aromatic N) is 2. The molecule has 6 heteroatoms. The molecule has 0 N–H and O–H groups in total. The van der Waals surface area contributed by atoms with E-state index in [2.05, 4.69) is 21.0 Å². The van der Waals surface area contributed by atoms with E-state index in [1.165, 1.54) is 6.26 Å². The van der Waals surface area contributed by atoms with Crippen LogP contribution in [0.1, 0.15) is 10.4 Å². The monoisotopic (exact) mass is 328 g/mol. The molecule has 1 aromatic carbocycles. The highest BCUT2D eigenvalue weighted by molar-refractivity contribution is 9.09. The van der Waals surface area contributed by atoms with Crippen molar-refractivity contribution in [2.24, 2.45) is 0 Å². The van der Waals surface area contributed by atoms with Crippen LogP contribution in [0.3, 0.4) is 0 Å². The Bertz CT molecular complexity index is 623. The summed E-state index contributed by atoms with van der Waals surface area (Å²) >= 11 is 3.38. The fourth-order valence-corrected chi connectivity index (χ4v) is 3.98. The Morgan fingerprint density at radius 3 is 2.61 bits per heavy atom. The van der Waals surface area contributed by atoms with E-state index in [0.29, 0.717) is 0 Å². The Labute approximate surface area is 115 Å². The van der Waals surface area contributed by atoms with Crippen molar-refractivity contribution in [3.05, 3.63) is 48.3 Å². The van der Waals surface area contributed by atoms with Crippen molar-refractivity contribution in [1.29, 1.82) is 0 Å². The molecule has 2 aromatic rings. The first-order valence-corrected chi connectivity index (χ1v) is 8.35. The Morgan fingerprint density at radius 1 is 1.33 bits per heavy atom. The molecule has 0 aliphatic rings. The number of benzene rings is 1. The number of sulfone groups is 1. The van der Waals surface area contributed by atoms with Gasteiger partial charge in [-0.2, -0.15) is 5.10 Å². The van der Waals surface area contributed by atoms with Crippen LogP contribution < -0.4 is 0 Å². The smallest absolute Gasteiger partial charge is 0.148 e. The summed E-state index contributed by atoms with van der Waals surface area (Å²) in [7, 11) is -3.01. The lowest BCUT2D eigenvalue weighted by Gasteiger charge is -2.05. The van der Waals surface area contributed by atoms with E-state index < -0.39 is 9.84 Å². The van der Waals surface area contributed by atoms with Gasteiger partial charge in [0, 0.05) is 18.0 Å². The van der Waals surface area contributed by atoms with E-state index >= 15 is 0 Å². The molecule has 0 aliphatic heterocycles. The highest BCUT2D eigenvalue weighted by Crippen LogP contribution is 2.24.